The van der Waals surface area contributed by atoms with E-state index in [1.807, 2.05) is 0 Å². The molecule has 1 atom stereocenters. The van der Waals surface area contributed by atoms with Crippen LogP contribution in [0.3, 0.4) is 0 Å². The van der Waals surface area contributed by atoms with E-state index in [1.165, 1.54) is 4.88 Å². The predicted octanol–water partition coefficient (Wildman–Crippen LogP) is 2.10. The van der Waals surface area contributed by atoms with Gasteiger partial charge in [-0.2, -0.15) is 0 Å². The second kappa shape index (κ2) is 3.78. The molecule has 3 heteroatoms. The van der Waals surface area contributed by atoms with Crippen LogP contribution in [0.4, 0.5) is 0 Å². The molecule has 1 aliphatic heterocycles. The summed E-state index contributed by atoms with van der Waals surface area (Å²) in [5.41, 5.74) is 6.23. The molecule has 0 radical (unpaired) electrons. The molecule has 0 aliphatic carbocycles. The average molecular weight is 197 g/mol. The lowest BCUT2D eigenvalue weighted by atomic mass is 9.90. The molecule has 2 heterocycles. The highest BCUT2D eigenvalue weighted by molar-refractivity contribution is 7.10. The van der Waals surface area contributed by atoms with E-state index < -0.39 is 0 Å². The van der Waals surface area contributed by atoms with E-state index in [2.05, 4.69) is 17.5 Å². The molecule has 1 saturated heterocycles. The summed E-state index contributed by atoms with van der Waals surface area (Å²) in [6.07, 6.45) is 3.08. The molecule has 0 saturated carbocycles. The first kappa shape index (κ1) is 9.19. The van der Waals surface area contributed by atoms with Crippen molar-refractivity contribution < 1.29 is 4.74 Å². The van der Waals surface area contributed by atoms with Gasteiger partial charge in [0, 0.05) is 18.1 Å². The fourth-order valence-electron chi connectivity index (χ4n) is 1.78. The van der Waals surface area contributed by atoms with Crippen LogP contribution in [0.2, 0.25) is 0 Å². The summed E-state index contributed by atoms with van der Waals surface area (Å²) in [6, 6.07) is 4.20. The quantitative estimate of drug-likeness (QED) is 0.748. The average Bonchev–Trinajstić information content (AvgIpc) is 2.57. The van der Waals surface area contributed by atoms with Crippen molar-refractivity contribution in [1.82, 2.24) is 0 Å². The number of ether oxygens (including phenoxy) is 1. The minimum Gasteiger partial charge on any atom is -0.381 e. The molecular weight excluding hydrogens is 182 g/mol. The fourth-order valence-corrected chi connectivity index (χ4v) is 2.68. The standard InChI is InChI=1S/C10H15NOS/c11-10(9-3-1-8-13-9)4-2-6-12-7-5-10/h1,3,8H,2,4-7,11H2. The topological polar surface area (TPSA) is 35.2 Å². The predicted molar refractivity (Wildman–Crippen MR) is 54.9 cm³/mol. The summed E-state index contributed by atoms with van der Waals surface area (Å²) in [5.74, 6) is 0. The lowest BCUT2D eigenvalue weighted by Crippen LogP contribution is -2.35. The summed E-state index contributed by atoms with van der Waals surface area (Å²) in [4.78, 5) is 1.30. The molecule has 2 rings (SSSR count). The van der Waals surface area contributed by atoms with Gasteiger partial charge in [0.15, 0.2) is 0 Å². The molecule has 0 bridgehead atoms. The van der Waals surface area contributed by atoms with E-state index in [-0.39, 0.29) is 5.54 Å². The maximum absolute atomic E-state index is 6.36. The highest BCUT2D eigenvalue weighted by atomic mass is 32.1. The third kappa shape index (κ3) is 1.93. The molecule has 1 aromatic rings. The minimum atomic E-state index is -0.120. The van der Waals surface area contributed by atoms with Crippen LogP contribution >= 0.6 is 11.3 Å². The summed E-state index contributed by atoms with van der Waals surface area (Å²) in [7, 11) is 0. The van der Waals surface area contributed by atoms with Gasteiger partial charge in [0.2, 0.25) is 0 Å². The molecule has 1 unspecified atom stereocenters. The molecule has 2 N–H and O–H groups in total. The zero-order valence-electron chi connectivity index (χ0n) is 7.66. The van der Waals surface area contributed by atoms with Crippen molar-refractivity contribution >= 4 is 11.3 Å². The van der Waals surface area contributed by atoms with E-state index >= 15 is 0 Å². The Morgan fingerprint density at radius 2 is 2.31 bits per heavy atom. The van der Waals surface area contributed by atoms with E-state index in [9.17, 15) is 0 Å². The van der Waals surface area contributed by atoms with Crippen molar-refractivity contribution in [3.8, 4) is 0 Å². The Balaban J connectivity index is 2.17. The van der Waals surface area contributed by atoms with Crippen LogP contribution in [-0.2, 0) is 10.3 Å². The van der Waals surface area contributed by atoms with Gasteiger partial charge < -0.3 is 10.5 Å². The third-order valence-electron chi connectivity index (χ3n) is 2.62. The molecule has 0 spiro atoms. The first-order chi connectivity index (χ1) is 6.31. The highest BCUT2D eigenvalue weighted by Gasteiger charge is 2.29. The number of nitrogens with two attached hydrogens (primary N) is 1. The molecule has 0 amide bonds. The smallest absolute Gasteiger partial charge is 0.0526 e. The molecule has 2 nitrogen and oxygen atoms in total. The molecule has 0 aromatic carbocycles. The number of hydrogen-bond acceptors (Lipinski definition) is 3. The summed E-state index contributed by atoms with van der Waals surface area (Å²) < 4.78 is 5.41. The fraction of sp³-hybridized carbons (Fsp3) is 0.600. The Hall–Kier alpha value is -0.380. The van der Waals surface area contributed by atoms with Gasteiger partial charge in [-0.3, -0.25) is 0 Å². The van der Waals surface area contributed by atoms with E-state index in [1.54, 1.807) is 11.3 Å². The zero-order valence-corrected chi connectivity index (χ0v) is 8.48. The van der Waals surface area contributed by atoms with Crippen LogP contribution in [0, 0.1) is 0 Å². The molecular formula is C10H15NOS. The molecule has 13 heavy (non-hydrogen) atoms. The molecule has 1 aliphatic rings. The van der Waals surface area contributed by atoms with Gasteiger partial charge in [-0.1, -0.05) is 6.07 Å². The van der Waals surface area contributed by atoms with Gasteiger partial charge in [-0.05, 0) is 30.7 Å². The van der Waals surface area contributed by atoms with Crippen LogP contribution in [-0.4, -0.2) is 13.2 Å². The van der Waals surface area contributed by atoms with Gasteiger partial charge in [0.25, 0.3) is 0 Å². The summed E-state index contributed by atoms with van der Waals surface area (Å²) in [6.45, 7) is 1.67. The Morgan fingerprint density at radius 3 is 3.08 bits per heavy atom. The maximum Gasteiger partial charge on any atom is 0.0526 e. The first-order valence-electron chi connectivity index (χ1n) is 4.72. The van der Waals surface area contributed by atoms with Crippen molar-refractivity contribution in [2.45, 2.75) is 24.8 Å². The summed E-state index contributed by atoms with van der Waals surface area (Å²) in [5, 5.41) is 2.09. The van der Waals surface area contributed by atoms with Crippen molar-refractivity contribution in [2.24, 2.45) is 5.73 Å². The van der Waals surface area contributed by atoms with Gasteiger partial charge in [0.05, 0.1) is 5.54 Å². The van der Waals surface area contributed by atoms with Crippen LogP contribution in [0.25, 0.3) is 0 Å². The van der Waals surface area contributed by atoms with Crippen molar-refractivity contribution in [3.63, 3.8) is 0 Å². The number of hydrogen-bond donors (Lipinski definition) is 1. The van der Waals surface area contributed by atoms with Gasteiger partial charge in [-0.25, -0.2) is 0 Å². The lowest BCUT2D eigenvalue weighted by Gasteiger charge is -2.25. The largest absolute Gasteiger partial charge is 0.381 e. The lowest BCUT2D eigenvalue weighted by molar-refractivity contribution is 0.140. The molecule has 1 fully saturated rings. The van der Waals surface area contributed by atoms with Gasteiger partial charge in [0.1, 0.15) is 0 Å². The zero-order chi connectivity index (χ0) is 9.15. The van der Waals surface area contributed by atoms with E-state index in [4.69, 9.17) is 10.5 Å². The SMILES string of the molecule is NC1(c2cccs2)CCCOCC1. The number of rotatable bonds is 1. The number of thiophene rings is 1. The van der Waals surface area contributed by atoms with Crippen LogP contribution in [0.1, 0.15) is 24.1 Å². The van der Waals surface area contributed by atoms with Crippen molar-refractivity contribution in [3.05, 3.63) is 22.4 Å². The third-order valence-corrected chi connectivity index (χ3v) is 3.71. The maximum atomic E-state index is 6.36. The van der Waals surface area contributed by atoms with E-state index in [0.717, 1.165) is 32.5 Å². The normalized spacial score (nSPS) is 29.9. The molecule has 72 valence electrons. The molecule has 1 aromatic heterocycles. The van der Waals surface area contributed by atoms with Crippen LogP contribution in [0.5, 0.6) is 0 Å². The van der Waals surface area contributed by atoms with Gasteiger partial charge >= 0.3 is 0 Å². The first-order valence-corrected chi connectivity index (χ1v) is 5.60. The Morgan fingerprint density at radius 1 is 1.38 bits per heavy atom. The Labute approximate surface area is 82.7 Å². The Kier molecular flexibility index (Phi) is 2.67. The van der Waals surface area contributed by atoms with Crippen molar-refractivity contribution in [1.29, 1.82) is 0 Å². The summed E-state index contributed by atoms with van der Waals surface area (Å²) >= 11 is 1.76. The van der Waals surface area contributed by atoms with Crippen LogP contribution in [0.15, 0.2) is 17.5 Å². The second-order valence-corrected chi connectivity index (χ2v) is 4.55. The van der Waals surface area contributed by atoms with Gasteiger partial charge in [-0.15, -0.1) is 11.3 Å². The minimum absolute atomic E-state index is 0.120. The monoisotopic (exact) mass is 197 g/mol. The van der Waals surface area contributed by atoms with Crippen molar-refractivity contribution in [2.75, 3.05) is 13.2 Å². The van der Waals surface area contributed by atoms with E-state index in [0.29, 0.717) is 0 Å². The second-order valence-electron chi connectivity index (χ2n) is 3.60. The Bertz CT molecular complexity index is 250. The van der Waals surface area contributed by atoms with Crippen LogP contribution < -0.4 is 5.73 Å². The highest BCUT2D eigenvalue weighted by Crippen LogP contribution is 2.32.